The highest BCUT2D eigenvalue weighted by Crippen LogP contribution is 2.27. The molecule has 0 spiro atoms. The van der Waals surface area contributed by atoms with Crippen LogP contribution < -0.4 is 5.73 Å². The second kappa shape index (κ2) is 4.71. The fourth-order valence-electron chi connectivity index (χ4n) is 1.81. The molecule has 96 valence electrons. The Hall–Kier alpha value is -0.990. The van der Waals surface area contributed by atoms with Crippen LogP contribution in [0.4, 0.5) is 0 Å². The van der Waals surface area contributed by atoms with Crippen LogP contribution in [-0.4, -0.2) is 43.8 Å². The van der Waals surface area contributed by atoms with Crippen LogP contribution in [0.5, 0.6) is 0 Å². The molecular weight excluding hydrogens is 246 g/mol. The molecule has 7 nitrogen and oxygen atoms in total. The average molecular weight is 261 g/mol. The third-order valence-electron chi connectivity index (χ3n) is 2.72. The van der Waals surface area contributed by atoms with Crippen LogP contribution in [0.2, 0.25) is 0 Å². The van der Waals surface area contributed by atoms with E-state index in [0.717, 1.165) is 0 Å². The summed E-state index contributed by atoms with van der Waals surface area (Å²) in [7, 11) is -1.41. The predicted octanol–water partition coefficient (Wildman–Crippen LogP) is -0.382. The Morgan fingerprint density at radius 3 is 3.00 bits per heavy atom. The van der Waals surface area contributed by atoms with Crippen LogP contribution in [0, 0.1) is 0 Å². The largest absolute Gasteiger partial charge is 0.383 e. The molecule has 2 rings (SSSR count). The summed E-state index contributed by atoms with van der Waals surface area (Å²) in [5.41, 5.74) is 5.73. The highest BCUT2D eigenvalue weighted by atomic mass is 32.2. The molecule has 17 heavy (non-hydrogen) atoms. The van der Waals surface area contributed by atoms with Gasteiger partial charge in [0.15, 0.2) is 15.7 Å². The van der Waals surface area contributed by atoms with Crippen molar-refractivity contribution < 1.29 is 17.7 Å². The minimum Gasteiger partial charge on any atom is -0.383 e. The van der Waals surface area contributed by atoms with E-state index in [1.54, 1.807) is 0 Å². The van der Waals surface area contributed by atoms with E-state index in [1.807, 2.05) is 0 Å². The molecule has 1 aliphatic rings. The Bertz CT molecular complexity index is 484. The molecule has 0 amide bonds. The van der Waals surface area contributed by atoms with Crippen LogP contribution in [0.1, 0.15) is 30.1 Å². The summed E-state index contributed by atoms with van der Waals surface area (Å²) in [6, 6.07) is -0.473. The lowest BCUT2D eigenvalue weighted by Gasteiger charge is -2.03. The Morgan fingerprint density at radius 2 is 2.41 bits per heavy atom. The number of methoxy groups -OCH3 is 1. The summed E-state index contributed by atoms with van der Waals surface area (Å²) < 4.78 is 32.5. The van der Waals surface area contributed by atoms with Gasteiger partial charge in [-0.2, -0.15) is 4.98 Å². The summed E-state index contributed by atoms with van der Waals surface area (Å²) in [5.74, 6) is 0.808. The van der Waals surface area contributed by atoms with E-state index in [9.17, 15) is 8.42 Å². The standard InChI is InChI=1S/C9H15N3O4S/c1-15-4-7(10)9-11-8(12-16-9)6-2-3-17(13,14)5-6/h6-7H,2-5,10H2,1H3. The number of aromatic nitrogens is 2. The van der Waals surface area contributed by atoms with E-state index in [-0.39, 0.29) is 29.9 Å². The van der Waals surface area contributed by atoms with Crippen LogP contribution in [0.25, 0.3) is 0 Å². The first-order valence-electron chi connectivity index (χ1n) is 5.30. The van der Waals surface area contributed by atoms with Crippen LogP contribution in [-0.2, 0) is 14.6 Å². The monoisotopic (exact) mass is 261 g/mol. The highest BCUT2D eigenvalue weighted by Gasteiger charge is 2.32. The normalized spacial score (nSPS) is 24.9. The number of ether oxygens (including phenoxy) is 1. The smallest absolute Gasteiger partial charge is 0.245 e. The van der Waals surface area contributed by atoms with Crippen molar-refractivity contribution in [3.05, 3.63) is 11.7 Å². The Labute approximate surface area is 99.2 Å². The zero-order valence-electron chi connectivity index (χ0n) is 9.50. The van der Waals surface area contributed by atoms with Crippen LogP contribution in [0.3, 0.4) is 0 Å². The lowest BCUT2D eigenvalue weighted by atomic mass is 10.1. The Kier molecular flexibility index (Phi) is 3.45. The fourth-order valence-corrected chi connectivity index (χ4v) is 3.55. The molecule has 2 unspecified atom stereocenters. The molecule has 1 saturated heterocycles. The lowest BCUT2D eigenvalue weighted by molar-refractivity contribution is 0.166. The molecular formula is C9H15N3O4S. The van der Waals surface area contributed by atoms with Gasteiger partial charge in [0, 0.05) is 13.0 Å². The lowest BCUT2D eigenvalue weighted by Crippen LogP contribution is -2.16. The van der Waals surface area contributed by atoms with E-state index >= 15 is 0 Å². The number of rotatable bonds is 4. The maximum absolute atomic E-state index is 11.3. The number of hydrogen-bond acceptors (Lipinski definition) is 7. The second-order valence-electron chi connectivity index (χ2n) is 4.15. The third-order valence-corrected chi connectivity index (χ3v) is 4.49. The zero-order valence-corrected chi connectivity index (χ0v) is 10.3. The zero-order chi connectivity index (χ0) is 12.5. The second-order valence-corrected chi connectivity index (χ2v) is 6.38. The maximum atomic E-state index is 11.3. The van der Waals surface area contributed by atoms with E-state index < -0.39 is 15.9 Å². The van der Waals surface area contributed by atoms with Crippen molar-refractivity contribution in [2.75, 3.05) is 25.2 Å². The molecule has 1 aromatic heterocycles. The Balaban J connectivity index is 2.09. The van der Waals surface area contributed by atoms with E-state index in [2.05, 4.69) is 10.1 Å². The fraction of sp³-hybridized carbons (Fsp3) is 0.778. The number of nitrogens with zero attached hydrogens (tertiary/aromatic N) is 2. The third kappa shape index (κ3) is 2.82. The molecule has 0 saturated carbocycles. The molecule has 0 bridgehead atoms. The summed E-state index contributed by atoms with van der Waals surface area (Å²) in [6.45, 7) is 0.282. The first-order valence-corrected chi connectivity index (χ1v) is 7.12. The minimum absolute atomic E-state index is 0.0888. The molecule has 0 aromatic carbocycles. The Morgan fingerprint density at radius 1 is 1.65 bits per heavy atom. The van der Waals surface area contributed by atoms with Crippen molar-refractivity contribution in [1.29, 1.82) is 0 Å². The van der Waals surface area contributed by atoms with Gasteiger partial charge in [-0.3, -0.25) is 0 Å². The minimum atomic E-state index is -2.94. The van der Waals surface area contributed by atoms with Gasteiger partial charge in [-0.15, -0.1) is 0 Å². The van der Waals surface area contributed by atoms with Gasteiger partial charge in [-0.05, 0) is 6.42 Å². The van der Waals surface area contributed by atoms with Crippen molar-refractivity contribution in [2.45, 2.75) is 18.4 Å². The van der Waals surface area contributed by atoms with Gasteiger partial charge in [0.2, 0.25) is 5.89 Å². The van der Waals surface area contributed by atoms with E-state index in [4.69, 9.17) is 15.0 Å². The molecule has 2 heterocycles. The molecule has 0 radical (unpaired) electrons. The first kappa shape index (κ1) is 12.5. The van der Waals surface area contributed by atoms with Gasteiger partial charge >= 0.3 is 0 Å². The molecule has 1 fully saturated rings. The van der Waals surface area contributed by atoms with Crippen molar-refractivity contribution in [3.63, 3.8) is 0 Å². The van der Waals surface area contributed by atoms with E-state index in [0.29, 0.717) is 12.2 Å². The summed E-state index contributed by atoms with van der Waals surface area (Å²) in [4.78, 5) is 4.13. The van der Waals surface area contributed by atoms with Crippen LogP contribution in [0.15, 0.2) is 4.52 Å². The number of nitrogens with two attached hydrogens (primary N) is 1. The number of sulfone groups is 1. The molecule has 0 aliphatic carbocycles. The predicted molar refractivity (Wildman–Crippen MR) is 59.1 cm³/mol. The molecule has 8 heteroatoms. The van der Waals surface area contributed by atoms with E-state index in [1.165, 1.54) is 7.11 Å². The van der Waals surface area contributed by atoms with Crippen molar-refractivity contribution in [1.82, 2.24) is 10.1 Å². The molecule has 1 aromatic rings. The molecule has 1 aliphatic heterocycles. The maximum Gasteiger partial charge on any atom is 0.245 e. The SMILES string of the molecule is COCC(N)c1nc(C2CCS(=O)(=O)C2)no1. The van der Waals surface area contributed by atoms with Gasteiger partial charge in [0.1, 0.15) is 6.04 Å². The summed E-state index contributed by atoms with van der Waals surface area (Å²) in [6.07, 6.45) is 0.542. The van der Waals surface area contributed by atoms with Gasteiger partial charge in [-0.25, -0.2) is 8.42 Å². The summed E-state index contributed by atoms with van der Waals surface area (Å²) >= 11 is 0. The number of hydrogen-bond donors (Lipinski definition) is 1. The topological polar surface area (TPSA) is 108 Å². The van der Waals surface area contributed by atoms with Crippen molar-refractivity contribution in [2.24, 2.45) is 5.73 Å². The van der Waals surface area contributed by atoms with Crippen molar-refractivity contribution in [3.8, 4) is 0 Å². The average Bonchev–Trinajstić information content (AvgIpc) is 2.84. The van der Waals surface area contributed by atoms with Gasteiger partial charge in [-0.1, -0.05) is 5.16 Å². The highest BCUT2D eigenvalue weighted by molar-refractivity contribution is 7.91. The molecule has 2 atom stereocenters. The van der Waals surface area contributed by atoms with Crippen molar-refractivity contribution >= 4 is 9.84 Å². The molecule has 2 N–H and O–H groups in total. The van der Waals surface area contributed by atoms with Gasteiger partial charge in [0.25, 0.3) is 0 Å². The quantitative estimate of drug-likeness (QED) is 0.786. The first-order chi connectivity index (χ1) is 8.02. The van der Waals surface area contributed by atoms with Gasteiger partial charge < -0.3 is 15.0 Å². The van der Waals surface area contributed by atoms with Crippen LogP contribution >= 0.6 is 0 Å². The van der Waals surface area contributed by atoms with Gasteiger partial charge in [0.05, 0.1) is 18.1 Å². The summed E-state index contributed by atoms with van der Waals surface area (Å²) in [5, 5.41) is 3.78.